The highest BCUT2D eigenvalue weighted by Gasteiger charge is 2.49. The number of hydrogen-bond donors (Lipinski definition) is 1. The molecule has 3 aliphatic carbocycles. The van der Waals surface area contributed by atoms with Gasteiger partial charge in [-0.15, -0.1) is 0 Å². The first-order valence-corrected chi connectivity index (χ1v) is 6.55. The van der Waals surface area contributed by atoms with Gasteiger partial charge >= 0.3 is 0 Å². The molecule has 0 heterocycles. The highest BCUT2D eigenvalue weighted by Crippen LogP contribution is 2.54. The molecule has 3 saturated carbocycles. The van der Waals surface area contributed by atoms with E-state index in [1.165, 1.54) is 38.5 Å². The quantitative estimate of drug-likeness (QED) is 0.733. The fourth-order valence-electron chi connectivity index (χ4n) is 4.29. The van der Waals surface area contributed by atoms with Gasteiger partial charge in [0.05, 0.1) is 0 Å². The summed E-state index contributed by atoms with van der Waals surface area (Å²) in [4.78, 5) is 0. The predicted octanol–water partition coefficient (Wildman–Crippen LogP) is 2.80. The second kappa shape index (κ2) is 3.23. The minimum absolute atomic E-state index is 0.565. The van der Waals surface area contributed by atoms with Gasteiger partial charge in [-0.05, 0) is 55.3 Å². The van der Waals surface area contributed by atoms with Crippen molar-refractivity contribution < 1.29 is 0 Å². The molecule has 1 nitrogen and oxygen atoms in total. The third kappa shape index (κ3) is 1.32. The first kappa shape index (κ1) is 9.21. The maximum Gasteiger partial charge on any atom is 0.0101 e. The van der Waals surface area contributed by atoms with Crippen LogP contribution in [0.1, 0.15) is 45.4 Å². The van der Waals surface area contributed by atoms with E-state index in [0.29, 0.717) is 6.04 Å². The third-order valence-corrected chi connectivity index (χ3v) is 5.28. The Hall–Kier alpha value is -0.0400. The Kier molecular flexibility index (Phi) is 2.12. The maximum atomic E-state index is 6.44. The van der Waals surface area contributed by atoms with Gasteiger partial charge < -0.3 is 5.73 Å². The molecule has 0 saturated heterocycles. The van der Waals surface area contributed by atoms with Crippen LogP contribution in [0.5, 0.6) is 0 Å². The van der Waals surface area contributed by atoms with Crippen LogP contribution in [0.25, 0.3) is 0 Å². The highest BCUT2D eigenvalue weighted by molar-refractivity contribution is 5.01. The van der Waals surface area contributed by atoms with Crippen LogP contribution in [0.4, 0.5) is 0 Å². The molecule has 80 valence electrons. The summed E-state index contributed by atoms with van der Waals surface area (Å²) in [6.45, 7) is 2.32. The van der Waals surface area contributed by atoms with Gasteiger partial charge in [0.15, 0.2) is 0 Å². The van der Waals surface area contributed by atoms with Gasteiger partial charge in [-0.3, -0.25) is 0 Å². The Morgan fingerprint density at radius 3 is 2.50 bits per heavy atom. The van der Waals surface area contributed by atoms with Gasteiger partial charge in [-0.25, -0.2) is 0 Å². The van der Waals surface area contributed by atoms with E-state index in [1.54, 1.807) is 0 Å². The van der Waals surface area contributed by atoms with Crippen LogP contribution in [0.15, 0.2) is 0 Å². The average molecular weight is 193 g/mol. The molecule has 0 amide bonds. The molecule has 3 aliphatic rings. The second-order valence-corrected chi connectivity index (χ2v) is 5.98. The zero-order valence-electron chi connectivity index (χ0n) is 9.28. The molecule has 2 N–H and O–H groups in total. The number of fused-ring (bicyclic) bond motifs is 2. The Labute approximate surface area is 87.4 Å². The fourth-order valence-corrected chi connectivity index (χ4v) is 4.29. The predicted molar refractivity (Wildman–Crippen MR) is 58.8 cm³/mol. The van der Waals surface area contributed by atoms with Gasteiger partial charge in [0.25, 0.3) is 0 Å². The average Bonchev–Trinajstić information content (AvgIpc) is 2.70. The molecule has 0 radical (unpaired) electrons. The van der Waals surface area contributed by atoms with E-state index in [1.807, 2.05) is 0 Å². The van der Waals surface area contributed by atoms with Crippen molar-refractivity contribution in [3.8, 4) is 0 Å². The van der Waals surface area contributed by atoms with Gasteiger partial charge in [0.1, 0.15) is 0 Å². The number of rotatable bonds is 3. The van der Waals surface area contributed by atoms with Crippen molar-refractivity contribution >= 4 is 0 Å². The van der Waals surface area contributed by atoms with E-state index in [4.69, 9.17) is 5.73 Å². The van der Waals surface area contributed by atoms with Gasteiger partial charge in [0, 0.05) is 6.04 Å². The summed E-state index contributed by atoms with van der Waals surface area (Å²) in [7, 11) is 0. The van der Waals surface area contributed by atoms with Gasteiger partial charge in [-0.1, -0.05) is 19.8 Å². The molecule has 6 atom stereocenters. The van der Waals surface area contributed by atoms with Gasteiger partial charge in [-0.2, -0.15) is 0 Å². The summed E-state index contributed by atoms with van der Waals surface area (Å²) in [5, 5.41) is 0. The Morgan fingerprint density at radius 2 is 2.00 bits per heavy atom. The minimum Gasteiger partial charge on any atom is -0.327 e. The summed E-state index contributed by atoms with van der Waals surface area (Å²) in [5.41, 5.74) is 6.44. The molecule has 0 aliphatic heterocycles. The zero-order chi connectivity index (χ0) is 9.71. The molecule has 1 heteroatoms. The summed E-state index contributed by atoms with van der Waals surface area (Å²) >= 11 is 0. The third-order valence-electron chi connectivity index (χ3n) is 5.28. The summed E-state index contributed by atoms with van der Waals surface area (Å²) < 4.78 is 0. The first-order valence-electron chi connectivity index (χ1n) is 6.55. The number of hydrogen-bond acceptors (Lipinski definition) is 1. The van der Waals surface area contributed by atoms with Crippen molar-refractivity contribution in [2.75, 3.05) is 0 Å². The molecule has 14 heavy (non-hydrogen) atoms. The molecular weight excluding hydrogens is 170 g/mol. The Morgan fingerprint density at radius 1 is 1.14 bits per heavy atom. The summed E-state index contributed by atoms with van der Waals surface area (Å²) in [5.74, 6) is 4.90. The van der Waals surface area contributed by atoms with E-state index in [0.717, 1.165) is 29.6 Å². The van der Waals surface area contributed by atoms with Crippen molar-refractivity contribution in [3.63, 3.8) is 0 Å². The minimum atomic E-state index is 0.565. The fraction of sp³-hybridized carbons (Fsp3) is 1.00. The van der Waals surface area contributed by atoms with Crippen molar-refractivity contribution in [2.45, 2.75) is 51.5 Å². The van der Waals surface area contributed by atoms with Crippen LogP contribution < -0.4 is 5.73 Å². The van der Waals surface area contributed by atoms with E-state index >= 15 is 0 Å². The maximum absolute atomic E-state index is 6.44. The second-order valence-electron chi connectivity index (χ2n) is 5.98. The number of nitrogens with two attached hydrogens (primary N) is 1. The molecule has 6 unspecified atom stereocenters. The summed E-state index contributed by atoms with van der Waals surface area (Å²) in [6.07, 6.45) is 8.79. The highest BCUT2D eigenvalue weighted by atomic mass is 14.7. The molecule has 0 aromatic rings. The van der Waals surface area contributed by atoms with Crippen LogP contribution in [0.2, 0.25) is 0 Å². The van der Waals surface area contributed by atoms with E-state index in [9.17, 15) is 0 Å². The molecule has 0 spiro atoms. The Bertz CT molecular complexity index is 225. The van der Waals surface area contributed by atoms with E-state index < -0.39 is 0 Å². The lowest BCUT2D eigenvalue weighted by Gasteiger charge is -2.28. The van der Waals surface area contributed by atoms with E-state index in [2.05, 4.69) is 6.92 Å². The SMILES string of the molecule is CCC1CC1C(N)C1CC2CCC1C2. The van der Waals surface area contributed by atoms with Crippen LogP contribution in [0, 0.1) is 29.6 Å². The van der Waals surface area contributed by atoms with Crippen LogP contribution in [-0.2, 0) is 0 Å². The lowest BCUT2D eigenvalue weighted by Crippen LogP contribution is -2.36. The molecule has 0 aromatic heterocycles. The van der Waals surface area contributed by atoms with Crippen molar-refractivity contribution in [1.29, 1.82) is 0 Å². The van der Waals surface area contributed by atoms with E-state index in [-0.39, 0.29) is 0 Å². The molecule has 3 rings (SSSR count). The van der Waals surface area contributed by atoms with Crippen LogP contribution in [0.3, 0.4) is 0 Å². The van der Waals surface area contributed by atoms with Crippen LogP contribution >= 0.6 is 0 Å². The lowest BCUT2D eigenvalue weighted by molar-refractivity contribution is 0.258. The lowest BCUT2D eigenvalue weighted by atomic mass is 9.81. The molecule has 2 bridgehead atoms. The van der Waals surface area contributed by atoms with Crippen molar-refractivity contribution in [3.05, 3.63) is 0 Å². The Balaban J connectivity index is 1.61. The molecule has 0 aromatic carbocycles. The van der Waals surface area contributed by atoms with Crippen molar-refractivity contribution in [2.24, 2.45) is 35.3 Å². The van der Waals surface area contributed by atoms with Crippen LogP contribution in [-0.4, -0.2) is 6.04 Å². The smallest absolute Gasteiger partial charge is 0.0101 e. The zero-order valence-corrected chi connectivity index (χ0v) is 9.28. The normalized spacial score (nSPS) is 52.3. The molecule has 3 fully saturated rings. The molecular formula is C13H23N. The van der Waals surface area contributed by atoms with Gasteiger partial charge in [0.2, 0.25) is 0 Å². The largest absolute Gasteiger partial charge is 0.327 e. The monoisotopic (exact) mass is 193 g/mol. The topological polar surface area (TPSA) is 26.0 Å². The summed E-state index contributed by atoms with van der Waals surface area (Å²) in [6, 6.07) is 0.565. The van der Waals surface area contributed by atoms with Crippen molar-refractivity contribution in [1.82, 2.24) is 0 Å². The standard InChI is InChI=1S/C13H23N/c1-2-9-7-12(9)13(14)11-6-8-3-4-10(11)5-8/h8-13H,2-7,14H2,1H3. The first-order chi connectivity index (χ1) is 6.79.